The lowest BCUT2D eigenvalue weighted by Crippen LogP contribution is -2.49. The van der Waals surface area contributed by atoms with Crippen molar-refractivity contribution in [3.05, 3.63) is 39.3 Å². The van der Waals surface area contributed by atoms with E-state index in [0.717, 1.165) is 16.3 Å². The standard InChI is InChI=1S/C21H28N2O5S/c1-12(2)20-22-13(3)19(29-20)21(25)23-8-9-28-17(11-24)18(23)14-6-7-15(26-4)16(10-14)27-5/h6-7,10,12,17-18,24H,8-9,11H2,1-5H3/t17-,18-/m1/s1. The molecular weight excluding hydrogens is 392 g/mol. The van der Waals surface area contributed by atoms with Gasteiger partial charge in [0, 0.05) is 12.5 Å². The van der Waals surface area contributed by atoms with Gasteiger partial charge in [0.1, 0.15) is 11.0 Å². The van der Waals surface area contributed by atoms with Crippen molar-refractivity contribution in [2.24, 2.45) is 0 Å². The second-order valence-corrected chi connectivity index (χ2v) is 8.30. The van der Waals surface area contributed by atoms with E-state index in [1.54, 1.807) is 25.2 Å². The van der Waals surface area contributed by atoms with Crippen LogP contribution in [0.4, 0.5) is 0 Å². The molecule has 29 heavy (non-hydrogen) atoms. The second kappa shape index (κ2) is 9.11. The number of thiazole rings is 1. The summed E-state index contributed by atoms with van der Waals surface area (Å²) in [6, 6.07) is 5.07. The molecule has 0 aliphatic carbocycles. The van der Waals surface area contributed by atoms with Crippen LogP contribution in [0, 0.1) is 6.92 Å². The first-order valence-electron chi connectivity index (χ1n) is 9.63. The van der Waals surface area contributed by atoms with Gasteiger partial charge in [-0.3, -0.25) is 4.79 Å². The molecule has 0 bridgehead atoms. The molecule has 2 atom stereocenters. The maximum Gasteiger partial charge on any atom is 0.266 e. The van der Waals surface area contributed by atoms with Crippen LogP contribution in [0.15, 0.2) is 18.2 Å². The average molecular weight is 421 g/mol. The molecule has 8 heteroatoms. The normalized spacial score (nSPS) is 19.5. The monoisotopic (exact) mass is 420 g/mol. The van der Waals surface area contributed by atoms with Crippen molar-refractivity contribution in [1.29, 1.82) is 0 Å². The van der Waals surface area contributed by atoms with Crippen LogP contribution in [0.3, 0.4) is 0 Å². The lowest BCUT2D eigenvalue weighted by atomic mass is 9.97. The summed E-state index contributed by atoms with van der Waals surface area (Å²) in [5.74, 6) is 1.34. The van der Waals surface area contributed by atoms with Gasteiger partial charge in [0.05, 0.1) is 44.2 Å². The average Bonchev–Trinajstić information content (AvgIpc) is 3.14. The number of aliphatic hydroxyl groups is 1. The number of methoxy groups -OCH3 is 2. The summed E-state index contributed by atoms with van der Waals surface area (Å²) in [7, 11) is 3.14. The van der Waals surface area contributed by atoms with Crippen molar-refractivity contribution in [3.63, 3.8) is 0 Å². The van der Waals surface area contributed by atoms with Crippen LogP contribution < -0.4 is 9.47 Å². The summed E-state index contributed by atoms with van der Waals surface area (Å²) in [5.41, 5.74) is 1.56. The summed E-state index contributed by atoms with van der Waals surface area (Å²) in [6.45, 7) is 6.61. The number of amides is 1. The highest BCUT2D eigenvalue weighted by Gasteiger charge is 2.38. The fourth-order valence-electron chi connectivity index (χ4n) is 3.54. The van der Waals surface area contributed by atoms with Gasteiger partial charge in [0.25, 0.3) is 5.91 Å². The zero-order valence-corrected chi connectivity index (χ0v) is 18.3. The molecule has 1 saturated heterocycles. The van der Waals surface area contributed by atoms with Crippen molar-refractivity contribution < 1.29 is 24.1 Å². The Hall–Kier alpha value is -2.16. The molecule has 1 fully saturated rings. The lowest BCUT2D eigenvalue weighted by molar-refractivity contribution is -0.0810. The Kier molecular flexibility index (Phi) is 6.77. The Morgan fingerprint density at radius 2 is 2.07 bits per heavy atom. The summed E-state index contributed by atoms with van der Waals surface area (Å²) < 4.78 is 16.5. The minimum absolute atomic E-state index is 0.0894. The minimum atomic E-state index is -0.524. The Morgan fingerprint density at radius 3 is 2.66 bits per heavy atom. The van der Waals surface area contributed by atoms with Gasteiger partial charge >= 0.3 is 0 Å². The molecule has 1 aromatic carbocycles. The molecule has 1 aromatic heterocycles. The fraction of sp³-hybridized carbons (Fsp3) is 0.524. The number of aryl methyl sites for hydroxylation is 1. The SMILES string of the molecule is COc1ccc([C@@H]2[C@@H](CO)OCCN2C(=O)c2sc(C(C)C)nc2C)cc1OC. The molecule has 1 amide bonds. The summed E-state index contributed by atoms with van der Waals surface area (Å²) in [5, 5.41) is 10.9. The van der Waals surface area contributed by atoms with Crippen molar-refractivity contribution >= 4 is 17.2 Å². The number of morpholine rings is 1. The summed E-state index contributed by atoms with van der Waals surface area (Å²) in [4.78, 5) is 20.5. The number of aliphatic hydroxyl groups excluding tert-OH is 1. The predicted octanol–water partition coefficient (Wildman–Crippen LogP) is 3.17. The van der Waals surface area contributed by atoms with Crippen LogP contribution in [0.25, 0.3) is 0 Å². The van der Waals surface area contributed by atoms with Gasteiger partial charge < -0.3 is 24.2 Å². The zero-order chi connectivity index (χ0) is 21.1. The Bertz CT molecular complexity index is 867. The number of nitrogens with zero attached hydrogens (tertiary/aromatic N) is 2. The van der Waals surface area contributed by atoms with Gasteiger partial charge in [-0.05, 0) is 24.6 Å². The highest BCUT2D eigenvalue weighted by Crippen LogP contribution is 2.37. The molecule has 3 rings (SSSR count). The molecule has 0 unspecified atom stereocenters. The lowest BCUT2D eigenvalue weighted by Gasteiger charge is -2.40. The van der Waals surface area contributed by atoms with Gasteiger partial charge in [0.2, 0.25) is 0 Å². The minimum Gasteiger partial charge on any atom is -0.493 e. The zero-order valence-electron chi connectivity index (χ0n) is 17.5. The van der Waals surface area contributed by atoms with E-state index >= 15 is 0 Å². The molecule has 1 aliphatic rings. The smallest absolute Gasteiger partial charge is 0.266 e. The van der Waals surface area contributed by atoms with E-state index in [1.165, 1.54) is 11.3 Å². The maximum atomic E-state index is 13.5. The number of hydrogen-bond donors (Lipinski definition) is 1. The topological polar surface area (TPSA) is 81.1 Å². The third kappa shape index (κ3) is 4.24. The molecule has 2 heterocycles. The molecule has 0 saturated carbocycles. The van der Waals surface area contributed by atoms with Crippen LogP contribution in [0.5, 0.6) is 11.5 Å². The fourth-order valence-corrected chi connectivity index (χ4v) is 4.56. The maximum absolute atomic E-state index is 13.5. The van der Waals surface area contributed by atoms with Crippen molar-refractivity contribution in [1.82, 2.24) is 9.88 Å². The third-order valence-electron chi connectivity index (χ3n) is 5.04. The molecule has 7 nitrogen and oxygen atoms in total. The number of rotatable bonds is 6. The van der Waals surface area contributed by atoms with E-state index in [-0.39, 0.29) is 18.4 Å². The highest BCUT2D eigenvalue weighted by atomic mass is 32.1. The quantitative estimate of drug-likeness (QED) is 0.773. The molecule has 2 aromatic rings. The van der Waals surface area contributed by atoms with Crippen molar-refractivity contribution in [3.8, 4) is 11.5 Å². The van der Waals surface area contributed by atoms with Crippen LogP contribution in [0.1, 0.15) is 51.7 Å². The summed E-state index contributed by atoms with van der Waals surface area (Å²) >= 11 is 1.44. The number of benzene rings is 1. The van der Waals surface area contributed by atoms with E-state index in [9.17, 15) is 9.90 Å². The molecule has 1 N–H and O–H groups in total. The van der Waals surface area contributed by atoms with Crippen LogP contribution in [0.2, 0.25) is 0 Å². The largest absolute Gasteiger partial charge is 0.493 e. The van der Waals surface area contributed by atoms with E-state index in [2.05, 4.69) is 18.8 Å². The van der Waals surface area contributed by atoms with E-state index in [0.29, 0.717) is 29.5 Å². The van der Waals surface area contributed by atoms with E-state index < -0.39 is 12.1 Å². The first-order chi connectivity index (χ1) is 13.9. The van der Waals surface area contributed by atoms with Gasteiger partial charge in [0.15, 0.2) is 11.5 Å². The Balaban J connectivity index is 2.01. The molecule has 0 spiro atoms. The number of carbonyl (C=O) groups excluding carboxylic acids is 1. The van der Waals surface area contributed by atoms with Crippen LogP contribution in [-0.4, -0.2) is 61.0 Å². The van der Waals surface area contributed by atoms with Crippen molar-refractivity contribution in [2.75, 3.05) is 34.0 Å². The van der Waals surface area contributed by atoms with E-state index in [1.807, 2.05) is 19.1 Å². The second-order valence-electron chi connectivity index (χ2n) is 7.27. The molecular formula is C21H28N2O5S. The first kappa shape index (κ1) is 21.5. The van der Waals surface area contributed by atoms with Gasteiger partial charge in [-0.15, -0.1) is 11.3 Å². The summed E-state index contributed by atoms with van der Waals surface area (Å²) in [6.07, 6.45) is -0.524. The molecule has 1 aliphatic heterocycles. The Labute approximate surface area is 175 Å². The van der Waals surface area contributed by atoms with Gasteiger partial charge in [-0.25, -0.2) is 4.98 Å². The number of ether oxygens (including phenoxy) is 3. The van der Waals surface area contributed by atoms with E-state index in [4.69, 9.17) is 14.2 Å². The molecule has 158 valence electrons. The number of hydrogen-bond acceptors (Lipinski definition) is 7. The van der Waals surface area contributed by atoms with Gasteiger partial charge in [-0.1, -0.05) is 19.9 Å². The Morgan fingerprint density at radius 1 is 1.34 bits per heavy atom. The highest BCUT2D eigenvalue weighted by molar-refractivity contribution is 7.13. The van der Waals surface area contributed by atoms with Crippen LogP contribution in [-0.2, 0) is 4.74 Å². The predicted molar refractivity (Wildman–Crippen MR) is 111 cm³/mol. The van der Waals surface area contributed by atoms with Gasteiger partial charge in [-0.2, -0.15) is 0 Å². The number of carbonyl (C=O) groups is 1. The number of aromatic nitrogens is 1. The van der Waals surface area contributed by atoms with Crippen LogP contribution >= 0.6 is 11.3 Å². The van der Waals surface area contributed by atoms with Crippen molar-refractivity contribution in [2.45, 2.75) is 38.8 Å². The molecule has 0 radical (unpaired) electrons. The first-order valence-corrected chi connectivity index (χ1v) is 10.5. The third-order valence-corrected chi connectivity index (χ3v) is 6.49.